The number of nitrogens with one attached hydrogen (secondary N) is 2. The van der Waals surface area contributed by atoms with Crippen molar-refractivity contribution in [3.63, 3.8) is 0 Å². The Hall–Kier alpha value is -2.75. The monoisotopic (exact) mass is 471 g/mol. The average molecular weight is 472 g/mol. The second kappa shape index (κ2) is 8.18. The van der Waals surface area contributed by atoms with E-state index in [9.17, 15) is 13.2 Å². The minimum absolute atomic E-state index is 0.175. The molecule has 2 aromatic heterocycles. The normalized spacial score (nSPS) is 25.0. The Bertz CT molecular complexity index is 1210. The molecule has 34 heavy (non-hydrogen) atoms. The number of aromatic amines is 1. The first kappa shape index (κ1) is 21.8. The van der Waals surface area contributed by atoms with Gasteiger partial charge in [-0.1, -0.05) is 6.92 Å². The van der Waals surface area contributed by atoms with E-state index >= 15 is 0 Å². The molecule has 2 bridgehead atoms. The molecule has 4 aliphatic rings. The first-order valence-electron chi connectivity index (χ1n) is 12.2. The van der Waals surface area contributed by atoms with Gasteiger partial charge in [-0.3, -0.25) is 0 Å². The highest BCUT2D eigenvalue weighted by molar-refractivity contribution is 5.93. The second-order valence-corrected chi connectivity index (χ2v) is 9.83. The number of likely N-dealkylation sites (N-methyl/N-ethyl adjacent to an activating group) is 1. The summed E-state index contributed by atoms with van der Waals surface area (Å²) >= 11 is 0. The molecule has 7 rings (SSSR count). The number of hydrogen-bond donors (Lipinski definition) is 2. The Morgan fingerprint density at radius 1 is 1.00 bits per heavy atom. The Morgan fingerprint density at radius 2 is 1.74 bits per heavy atom. The number of halogens is 3. The first-order chi connectivity index (χ1) is 16.4. The van der Waals surface area contributed by atoms with Crippen LogP contribution < -0.4 is 5.32 Å². The Kier molecular flexibility index (Phi) is 5.24. The molecule has 3 aliphatic carbocycles. The summed E-state index contributed by atoms with van der Waals surface area (Å²) < 4.78 is 40.6. The van der Waals surface area contributed by atoms with E-state index in [0.717, 1.165) is 75.6 Å². The number of piperidine rings is 1. The number of fused-ring (bicyclic) bond motifs is 3. The van der Waals surface area contributed by atoms with Crippen LogP contribution in [0.2, 0.25) is 0 Å². The van der Waals surface area contributed by atoms with Crippen molar-refractivity contribution in [3.8, 4) is 11.3 Å². The Morgan fingerprint density at radius 3 is 2.47 bits per heavy atom. The van der Waals surface area contributed by atoms with Crippen LogP contribution in [0.15, 0.2) is 12.1 Å². The predicted octanol–water partition coefficient (Wildman–Crippen LogP) is 5.08. The molecule has 0 amide bonds. The number of H-pyrrole nitrogens is 1. The number of nitrogens with zero attached hydrogens (tertiary/aromatic N) is 5. The van der Waals surface area contributed by atoms with Gasteiger partial charge >= 0.3 is 6.18 Å². The number of alkyl halides is 3. The molecule has 0 spiro atoms. The van der Waals surface area contributed by atoms with Gasteiger partial charge in [0.25, 0.3) is 0 Å². The lowest BCUT2D eigenvalue weighted by molar-refractivity contribution is -0.136. The minimum atomic E-state index is -4.50. The summed E-state index contributed by atoms with van der Waals surface area (Å²) in [4.78, 5) is 2.45. The van der Waals surface area contributed by atoms with E-state index in [0.29, 0.717) is 29.1 Å². The third kappa shape index (κ3) is 3.54. The standard InChI is InChI=1S/C24H28F3N7/c1-2-34-11-3-4-15(12-34)28-23-19-14-7-5-13(6-8-14)18(19)20(29-32-23)16-9-10-17(24(25,26)27)22-21(16)30-33-31-22/h9-10,13-15H,2-8,11-12H2,1H3,(H,28,32)(H,30,31,33)/t13?,14?,15-/m1/s1. The largest absolute Gasteiger partial charge is 0.418 e. The quantitative estimate of drug-likeness (QED) is 0.552. The van der Waals surface area contributed by atoms with Crippen molar-refractivity contribution < 1.29 is 13.2 Å². The van der Waals surface area contributed by atoms with Crippen LogP contribution in [-0.2, 0) is 6.18 Å². The number of aromatic nitrogens is 5. The number of benzene rings is 1. The van der Waals surface area contributed by atoms with Gasteiger partial charge in [-0.2, -0.15) is 28.6 Å². The van der Waals surface area contributed by atoms with Gasteiger partial charge in [0.15, 0.2) is 5.82 Å². The van der Waals surface area contributed by atoms with Crippen LogP contribution in [0.3, 0.4) is 0 Å². The van der Waals surface area contributed by atoms with E-state index in [2.05, 4.69) is 42.7 Å². The highest BCUT2D eigenvalue weighted by Crippen LogP contribution is 2.54. The molecule has 0 radical (unpaired) electrons. The van der Waals surface area contributed by atoms with Gasteiger partial charge in [-0.15, -0.1) is 10.2 Å². The maximum Gasteiger partial charge on any atom is 0.418 e. The van der Waals surface area contributed by atoms with Crippen molar-refractivity contribution in [2.75, 3.05) is 25.0 Å². The molecule has 2 N–H and O–H groups in total. The topological polar surface area (TPSA) is 82.6 Å². The smallest absolute Gasteiger partial charge is 0.364 e. The van der Waals surface area contributed by atoms with Crippen LogP contribution in [0, 0.1) is 0 Å². The molecule has 3 aromatic rings. The van der Waals surface area contributed by atoms with Gasteiger partial charge in [0.2, 0.25) is 0 Å². The molecule has 1 saturated heterocycles. The van der Waals surface area contributed by atoms with Gasteiger partial charge in [0, 0.05) is 23.7 Å². The van der Waals surface area contributed by atoms with Crippen LogP contribution in [0.4, 0.5) is 19.0 Å². The molecule has 1 atom stereocenters. The van der Waals surface area contributed by atoms with E-state index in [1.54, 1.807) is 0 Å². The fourth-order valence-corrected chi connectivity index (χ4v) is 6.27. The fraction of sp³-hybridized carbons (Fsp3) is 0.583. The molecule has 180 valence electrons. The van der Waals surface area contributed by atoms with Crippen LogP contribution in [0.1, 0.15) is 74.0 Å². The summed E-state index contributed by atoms with van der Waals surface area (Å²) in [6.45, 7) is 5.34. The molecule has 2 fully saturated rings. The zero-order chi connectivity index (χ0) is 23.4. The van der Waals surface area contributed by atoms with Crippen LogP contribution in [-0.4, -0.2) is 56.2 Å². The number of rotatable bonds is 4. The maximum atomic E-state index is 13.5. The lowest BCUT2D eigenvalue weighted by Gasteiger charge is -2.40. The summed E-state index contributed by atoms with van der Waals surface area (Å²) in [7, 11) is 0. The summed E-state index contributed by atoms with van der Waals surface area (Å²) in [6.07, 6.45) is 2.14. The van der Waals surface area contributed by atoms with Crippen molar-refractivity contribution in [1.29, 1.82) is 0 Å². The fourth-order valence-electron chi connectivity index (χ4n) is 6.27. The average Bonchev–Trinajstić information content (AvgIpc) is 3.34. The number of anilines is 1. The lowest BCUT2D eigenvalue weighted by Crippen LogP contribution is -2.42. The summed E-state index contributed by atoms with van der Waals surface area (Å²) in [6, 6.07) is 2.89. The molecule has 1 aliphatic heterocycles. The van der Waals surface area contributed by atoms with E-state index < -0.39 is 11.7 Å². The van der Waals surface area contributed by atoms with Gasteiger partial charge in [0.05, 0.1) is 11.3 Å². The highest BCUT2D eigenvalue weighted by Gasteiger charge is 2.40. The van der Waals surface area contributed by atoms with Crippen molar-refractivity contribution in [3.05, 3.63) is 28.8 Å². The number of hydrogen-bond acceptors (Lipinski definition) is 6. The van der Waals surface area contributed by atoms with E-state index in [-0.39, 0.29) is 11.0 Å². The van der Waals surface area contributed by atoms with Gasteiger partial charge in [0.1, 0.15) is 11.0 Å². The van der Waals surface area contributed by atoms with Crippen LogP contribution >= 0.6 is 0 Å². The second-order valence-electron chi connectivity index (χ2n) is 9.83. The molecule has 0 unspecified atom stereocenters. The van der Waals surface area contributed by atoms with E-state index in [1.807, 2.05) is 0 Å². The molecular formula is C24H28F3N7. The summed E-state index contributed by atoms with van der Waals surface area (Å²) in [5.41, 5.74) is 2.81. The van der Waals surface area contributed by atoms with Gasteiger partial charge < -0.3 is 10.2 Å². The van der Waals surface area contributed by atoms with Gasteiger partial charge in [-0.25, -0.2) is 0 Å². The highest BCUT2D eigenvalue weighted by atomic mass is 19.4. The Labute approximate surface area is 195 Å². The first-order valence-corrected chi connectivity index (χ1v) is 12.2. The van der Waals surface area contributed by atoms with Crippen molar-refractivity contribution in [2.45, 2.75) is 69.5 Å². The molecule has 3 heterocycles. The Balaban J connectivity index is 1.46. The zero-order valence-electron chi connectivity index (χ0n) is 19.1. The third-order valence-corrected chi connectivity index (χ3v) is 7.92. The van der Waals surface area contributed by atoms with Gasteiger partial charge in [-0.05, 0) is 81.1 Å². The minimum Gasteiger partial charge on any atom is -0.364 e. The molecule has 1 saturated carbocycles. The predicted molar refractivity (Wildman–Crippen MR) is 123 cm³/mol. The van der Waals surface area contributed by atoms with Crippen molar-refractivity contribution in [2.24, 2.45) is 0 Å². The van der Waals surface area contributed by atoms with Crippen molar-refractivity contribution in [1.82, 2.24) is 30.5 Å². The van der Waals surface area contributed by atoms with Crippen LogP contribution in [0.25, 0.3) is 22.3 Å². The van der Waals surface area contributed by atoms with E-state index in [1.165, 1.54) is 11.6 Å². The van der Waals surface area contributed by atoms with Crippen LogP contribution in [0.5, 0.6) is 0 Å². The SMILES string of the molecule is CCN1CCC[C@@H](Nc2nnc(-c3ccc(C(F)(F)F)c4n[nH]nc34)c3c2C2CCC3CC2)C1. The zero-order valence-corrected chi connectivity index (χ0v) is 19.1. The molecule has 7 nitrogen and oxygen atoms in total. The number of likely N-dealkylation sites (tertiary alicyclic amines) is 1. The maximum absolute atomic E-state index is 13.5. The summed E-state index contributed by atoms with van der Waals surface area (Å²) in [5, 5.41) is 23.2. The molecular weight excluding hydrogens is 443 g/mol. The third-order valence-electron chi connectivity index (χ3n) is 7.92. The van der Waals surface area contributed by atoms with E-state index in [4.69, 9.17) is 0 Å². The summed E-state index contributed by atoms with van der Waals surface area (Å²) in [5.74, 6) is 1.61. The van der Waals surface area contributed by atoms with Crippen molar-refractivity contribution >= 4 is 16.9 Å². The molecule has 1 aromatic carbocycles. The molecule has 10 heteroatoms. The lowest BCUT2D eigenvalue weighted by atomic mass is 9.66.